The molecular weight excluding hydrogens is 732 g/mol. The molecule has 1 N–H and O–H groups in total. The van der Waals surface area contributed by atoms with Gasteiger partial charge in [-0.3, -0.25) is 0 Å². The van der Waals surface area contributed by atoms with Crippen molar-refractivity contribution in [1.82, 2.24) is 29.9 Å². The van der Waals surface area contributed by atoms with Crippen LogP contribution in [0.2, 0.25) is 10.6 Å². The number of nitrogens with zero attached hydrogens (tertiary/aromatic N) is 6. The van der Waals surface area contributed by atoms with E-state index in [9.17, 15) is 0 Å². The van der Waals surface area contributed by atoms with Crippen LogP contribution >= 0.6 is 23.2 Å². The van der Waals surface area contributed by atoms with E-state index in [1.54, 1.807) is 12.4 Å². The first-order valence-electron chi connectivity index (χ1n) is 17.5. The molecule has 0 bridgehead atoms. The normalized spacial score (nSPS) is 12.6. The van der Waals surface area contributed by atoms with E-state index in [0.717, 1.165) is 53.2 Å². The van der Waals surface area contributed by atoms with Crippen LogP contribution < -0.4 is 5.32 Å². The number of rotatable bonds is 5. The Morgan fingerprint density at radius 2 is 0.768 bits per heavy atom. The van der Waals surface area contributed by atoms with Crippen LogP contribution in [0, 0.1) is 0 Å². The maximum atomic E-state index is 5.77. The number of allylic oxidation sites excluding steroid dienone is 3. The molecule has 273 valence electrons. The lowest BCUT2D eigenvalue weighted by atomic mass is 10.0. The molecule has 0 fully saturated rings. The SMILES string of the molecule is C.C1=C(c2ccccc2)Cc2cnc(Nc3ccccc3)nc21.Clc1ncc2c(n1)C=C(c1ccccc1)C2.Clc1ncc2c(n1)C=C(c1ccccc1)C2.[B]. The van der Waals surface area contributed by atoms with Gasteiger partial charge in [-0.15, -0.1) is 0 Å². The van der Waals surface area contributed by atoms with Crippen molar-refractivity contribution in [3.8, 4) is 0 Å². The highest BCUT2D eigenvalue weighted by Crippen LogP contribution is 2.32. The van der Waals surface area contributed by atoms with Crippen LogP contribution in [0.15, 0.2) is 140 Å². The minimum absolute atomic E-state index is 0. The van der Waals surface area contributed by atoms with Crippen LogP contribution in [-0.2, 0) is 19.3 Å². The van der Waals surface area contributed by atoms with Gasteiger partial charge < -0.3 is 5.32 Å². The van der Waals surface area contributed by atoms with E-state index in [4.69, 9.17) is 23.2 Å². The Hall–Kier alpha value is -6.22. The topological polar surface area (TPSA) is 89.4 Å². The van der Waals surface area contributed by atoms with Crippen molar-refractivity contribution in [3.05, 3.63) is 201 Å². The maximum absolute atomic E-state index is 5.77. The number of hydrogen-bond donors (Lipinski definition) is 1. The quantitative estimate of drug-likeness (QED) is 0.138. The molecule has 10 heteroatoms. The van der Waals surface area contributed by atoms with Crippen molar-refractivity contribution < 1.29 is 0 Å². The van der Waals surface area contributed by atoms with E-state index < -0.39 is 0 Å². The fourth-order valence-electron chi connectivity index (χ4n) is 6.49. The average Bonchev–Trinajstić information content (AvgIpc) is 3.96. The Balaban J connectivity index is 0.000000143. The smallest absolute Gasteiger partial charge is 0.227 e. The molecule has 10 rings (SSSR count). The zero-order valence-electron chi connectivity index (χ0n) is 29.6. The molecule has 3 heterocycles. The number of fused-ring (bicyclic) bond motifs is 3. The Bertz CT molecular complexity index is 2410. The summed E-state index contributed by atoms with van der Waals surface area (Å²) in [5.41, 5.74) is 14.9. The molecule has 0 amide bonds. The first-order valence-corrected chi connectivity index (χ1v) is 18.3. The molecule has 3 aliphatic carbocycles. The molecule has 56 heavy (non-hydrogen) atoms. The molecule has 0 saturated carbocycles. The summed E-state index contributed by atoms with van der Waals surface area (Å²) in [4.78, 5) is 25.5. The predicted molar refractivity (Wildman–Crippen MR) is 232 cm³/mol. The maximum Gasteiger partial charge on any atom is 0.227 e. The van der Waals surface area contributed by atoms with Crippen molar-refractivity contribution in [1.29, 1.82) is 0 Å². The highest BCUT2D eigenvalue weighted by atomic mass is 35.5. The van der Waals surface area contributed by atoms with Gasteiger partial charge in [0.1, 0.15) is 0 Å². The van der Waals surface area contributed by atoms with Gasteiger partial charge in [0.2, 0.25) is 16.5 Å². The lowest BCUT2D eigenvalue weighted by molar-refractivity contribution is 1.10. The second-order valence-electron chi connectivity index (χ2n) is 12.8. The van der Waals surface area contributed by atoms with Gasteiger partial charge in [0, 0.05) is 68.6 Å². The van der Waals surface area contributed by atoms with E-state index >= 15 is 0 Å². The van der Waals surface area contributed by atoms with Crippen LogP contribution in [0.1, 0.15) is 57.9 Å². The fourth-order valence-corrected chi connectivity index (χ4v) is 6.77. The summed E-state index contributed by atoms with van der Waals surface area (Å²) in [6, 6.07) is 41.0. The Morgan fingerprint density at radius 1 is 0.429 bits per heavy atom. The summed E-state index contributed by atoms with van der Waals surface area (Å²) in [7, 11) is 0. The minimum atomic E-state index is 0. The van der Waals surface area contributed by atoms with Gasteiger partial charge >= 0.3 is 0 Å². The predicted octanol–water partition coefficient (Wildman–Crippen LogP) is 11.0. The third kappa shape index (κ3) is 9.53. The lowest BCUT2D eigenvalue weighted by Gasteiger charge is -2.05. The fraction of sp³-hybridized carbons (Fsp3) is 0.0870. The monoisotopic (exact) mass is 768 g/mol. The van der Waals surface area contributed by atoms with E-state index in [-0.39, 0.29) is 15.8 Å². The largest absolute Gasteiger partial charge is 0.324 e. The standard InChI is InChI=1S/C19H15N3.2C13H9ClN2.CH4.B/c1-3-7-14(8-4-1)15-11-16-13-20-19(22-18(16)12-15)21-17-9-5-2-6-10-17;2*14-13-15-8-11-6-10(7-12(11)16-13)9-4-2-1-3-5-9;;/h1-10,12-13H,11H2,(H,20,21,22);2*1-5,7-8H,6H2;1H4;. The summed E-state index contributed by atoms with van der Waals surface area (Å²) in [5.74, 6) is 0.635. The van der Waals surface area contributed by atoms with E-state index in [2.05, 4.69) is 102 Å². The van der Waals surface area contributed by atoms with E-state index in [1.807, 2.05) is 79.0 Å². The number of nitrogens with one attached hydrogen (secondary N) is 1. The van der Waals surface area contributed by atoms with Crippen LogP contribution in [0.4, 0.5) is 11.6 Å². The molecule has 4 aromatic carbocycles. The summed E-state index contributed by atoms with van der Waals surface area (Å²) in [5, 5.41) is 3.86. The average molecular weight is 770 g/mol. The molecular formula is C46H37BCl2N7. The zero-order valence-corrected chi connectivity index (χ0v) is 31.2. The van der Waals surface area contributed by atoms with Crippen LogP contribution in [0.5, 0.6) is 0 Å². The van der Waals surface area contributed by atoms with Crippen molar-refractivity contribution >= 4 is 78.2 Å². The summed E-state index contributed by atoms with van der Waals surface area (Å²) < 4.78 is 0. The molecule has 7 nitrogen and oxygen atoms in total. The van der Waals surface area contributed by atoms with Crippen molar-refractivity contribution in [3.63, 3.8) is 0 Å². The van der Waals surface area contributed by atoms with Crippen molar-refractivity contribution in [2.75, 3.05) is 5.32 Å². The molecule has 0 spiro atoms. The van der Waals surface area contributed by atoms with E-state index in [0.29, 0.717) is 16.5 Å². The number of halogens is 2. The first-order chi connectivity index (χ1) is 26.5. The molecule has 0 atom stereocenters. The summed E-state index contributed by atoms with van der Waals surface area (Å²) >= 11 is 11.5. The first kappa shape index (κ1) is 39.5. The van der Waals surface area contributed by atoms with Crippen LogP contribution in [0.25, 0.3) is 34.9 Å². The second-order valence-corrected chi connectivity index (χ2v) is 13.5. The minimum Gasteiger partial charge on any atom is -0.324 e. The summed E-state index contributed by atoms with van der Waals surface area (Å²) in [6.07, 6.45) is 14.5. The molecule has 0 saturated heterocycles. The number of benzene rings is 4. The molecule has 3 aromatic heterocycles. The molecule has 3 radical (unpaired) electrons. The van der Waals surface area contributed by atoms with Gasteiger partial charge in [0.25, 0.3) is 0 Å². The Kier molecular flexibility index (Phi) is 13.0. The van der Waals surface area contributed by atoms with Gasteiger partial charge in [-0.25, -0.2) is 29.9 Å². The third-order valence-corrected chi connectivity index (χ3v) is 9.54. The van der Waals surface area contributed by atoms with Crippen molar-refractivity contribution in [2.24, 2.45) is 0 Å². The zero-order chi connectivity index (χ0) is 36.7. The number of hydrogen-bond acceptors (Lipinski definition) is 7. The van der Waals surface area contributed by atoms with Gasteiger partial charge in [-0.1, -0.05) is 117 Å². The molecule has 0 unspecified atom stereocenters. The number of para-hydroxylation sites is 1. The molecule has 3 aliphatic rings. The van der Waals surface area contributed by atoms with Gasteiger partial charge in [0.15, 0.2) is 0 Å². The van der Waals surface area contributed by atoms with Gasteiger partial charge in [-0.05, 0) is 87.0 Å². The lowest BCUT2D eigenvalue weighted by Crippen LogP contribution is -1.99. The molecule has 7 aromatic rings. The van der Waals surface area contributed by atoms with Gasteiger partial charge in [0.05, 0.1) is 17.1 Å². The Labute approximate surface area is 339 Å². The second kappa shape index (κ2) is 18.4. The highest BCUT2D eigenvalue weighted by molar-refractivity contribution is 6.28. The number of aromatic nitrogens is 6. The van der Waals surface area contributed by atoms with Gasteiger partial charge in [-0.2, -0.15) is 0 Å². The Morgan fingerprint density at radius 3 is 1.16 bits per heavy atom. The number of anilines is 2. The van der Waals surface area contributed by atoms with E-state index in [1.165, 1.54) is 39.0 Å². The third-order valence-electron chi connectivity index (χ3n) is 9.17. The van der Waals surface area contributed by atoms with Crippen molar-refractivity contribution in [2.45, 2.75) is 26.7 Å². The van der Waals surface area contributed by atoms with Crippen LogP contribution in [-0.4, -0.2) is 38.3 Å². The van der Waals surface area contributed by atoms with Crippen LogP contribution in [0.3, 0.4) is 0 Å². The molecule has 0 aliphatic heterocycles. The highest BCUT2D eigenvalue weighted by Gasteiger charge is 2.18. The summed E-state index contributed by atoms with van der Waals surface area (Å²) in [6.45, 7) is 0.